The Morgan fingerprint density at radius 2 is 1.04 bits per heavy atom. The van der Waals surface area contributed by atoms with E-state index < -0.39 is 7.14 Å². The minimum absolute atomic E-state index is 0.782. The summed E-state index contributed by atoms with van der Waals surface area (Å²) in [6, 6.07) is 38.2. The molecule has 0 saturated heterocycles. The Bertz CT molecular complexity index is 1040. The average Bonchev–Trinajstić information content (AvgIpc) is 2.79. The van der Waals surface area contributed by atoms with Crippen LogP contribution in [0.25, 0.3) is 0 Å². The van der Waals surface area contributed by atoms with Gasteiger partial charge in [0.15, 0.2) is 7.14 Å². The van der Waals surface area contributed by atoms with E-state index in [1.165, 1.54) is 4.90 Å². The third-order valence-corrected chi connectivity index (χ3v) is 8.93. The van der Waals surface area contributed by atoms with E-state index in [1.807, 2.05) is 97.1 Å². The van der Waals surface area contributed by atoms with E-state index in [0.29, 0.717) is 0 Å². The van der Waals surface area contributed by atoms with Crippen LogP contribution in [0.2, 0.25) is 0 Å². The quantitative estimate of drug-likeness (QED) is 0.309. The molecule has 28 heavy (non-hydrogen) atoms. The maximum Gasteiger partial charge on any atom is 0.171 e. The van der Waals surface area contributed by atoms with Crippen molar-refractivity contribution in [3.63, 3.8) is 0 Å². The van der Waals surface area contributed by atoms with Crippen LogP contribution in [-0.2, 0) is 10.3 Å². The fraction of sp³-hybridized carbons (Fsp3) is 0.0400. The van der Waals surface area contributed by atoms with Crippen molar-refractivity contribution in [1.82, 2.24) is 0 Å². The maximum atomic E-state index is 14.6. The highest BCUT2D eigenvalue weighted by molar-refractivity contribution is 7.98. The van der Waals surface area contributed by atoms with E-state index in [9.17, 15) is 4.57 Å². The van der Waals surface area contributed by atoms with Gasteiger partial charge in [0, 0.05) is 26.6 Å². The van der Waals surface area contributed by atoms with Crippen LogP contribution in [0.15, 0.2) is 120 Å². The predicted molar refractivity (Wildman–Crippen MR) is 122 cm³/mol. The normalized spacial score (nSPS) is 11.3. The maximum absolute atomic E-state index is 14.6. The Hall–Kier alpha value is -2.54. The van der Waals surface area contributed by atoms with Crippen LogP contribution in [0.1, 0.15) is 5.56 Å². The molecule has 4 aromatic carbocycles. The molecule has 0 aliphatic carbocycles. The summed E-state index contributed by atoms with van der Waals surface area (Å²) >= 11 is 1.77. The first kappa shape index (κ1) is 18.8. The summed E-state index contributed by atoms with van der Waals surface area (Å²) in [5, 5.41) is 2.67. The zero-order chi connectivity index (χ0) is 19.2. The van der Waals surface area contributed by atoms with Gasteiger partial charge in [0.2, 0.25) is 0 Å². The molecule has 0 fully saturated rings. The van der Waals surface area contributed by atoms with Crippen LogP contribution in [-0.4, -0.2) is 0 Å². The van der Waals surface area contributed by atoms with E-state index >= 15 is 0 Å². The first-order chi connectivity index (χ1) is 13.8. The van der Waals surface area contributed by atoms with Crippen molar-refractivity contribution in [2.45, 2.75) is 10.6 Å². The van der Waals surface area contributed by atoms with Crippen molar-refractivity contribution in [1.29, 1.82) is 0 Å². The molecule has 138 valence electrons. The lowest BCUT2D eigenvalue weighted by Gasteiger charge is -2.22. The Kier molecular flexibility index (Phi) is 5.81. The number of thioether (sulfide) groups is 1. The van der Waals surface area contributed by atoms with Crippen molar-refractivity contribution in [3.8, 4) is 0 Å². The predicted octanol–water partition coefficient (Wildman–Crippen LogP) is 5.62. The zero-order valence-corrected chi connectivity index (χ0v) is 17.2. The van der Waals surface area contributed by atoms with Gasteiger partial charge in [-0.3, -0.25) is 0 Å². The van der Waals surface area contributed by atoms with E-state index in [0.717, 1.165) is 27.2 Å². The van der Waals surface area contributed by atoms with Crippen molar-refractivity contribution in [2.75, 3.05) is 0 Å². The highest BCUT2D eigenvalue weighted by atomic mass is 32.2. The molecule has 0 atom stereocenters. The van der Waals surface area contributed by atoms with E-state index in [1.54, 1.807) is 11.8 Å². The van der Waals surface area contributed by atoms with Gasteiger partial charge in [-0.05, 0) is 17.7 Å². The number of hydrogen-bond donors (Lipinski definition) is 0. The SMILES string of the molecule is O=P(c1ccccc1)(c1ccccc1)c1ccccc1CSc1ccccc1. The van der Waals surface area contributed by atoms with Crippen LogP contribution in [0, 0.1) is 0 Å². The molecule has 0 heterocycles. The second-order valence-electron chi connectivity index (χ2n) is 6.51. The van der Waals surface area contributed by atoms with Gasteiger partial charge in [-0.25, -0.2) is 0 Å². The van der Waals surface area contributed by atoms with E-state index in [4.69, 9.17) is 0 Å². The lowest BCUT2D eigenvalue weighted by molar-refractivity contribution is 0.592. The average molecular weight is 400 g/mol. The molecule has 4 rings (SSSR count). The summed E-state index contributed by atoms with van der Waals surface area (Å²) in [7, 11) is -2.95. The number of rotatable bonds is 6. The van der Waals surface area contributed by atoms with Crippen LogP contribution in [0.4, 0.5) is 0 Å². The molecule has 0 radical (unpaired) electrons. The fourth-order valence-electron chi connectivity index (χ4n) is 3.32. The molecule has 0 unspecified atom stereocenters. The smallest absolute Gasteiger partial charge is 0.171 e. The minimum Gasteiger partial charge on any atom is -0.309 e. The summed E-state index contributed by atoms with van der Waals surface area (Å²) in [6.07, 6.45) is 0. The Morgan fingerprint density at radius 3 is 1.61 bits per heavy atom. The van der Waals surface area contributed by atoms with Gasteiger partial charge in [0.1, 0.15) is 0 Å². The molecule has 0 amide bonds. The summed E-state index contributed by atoms with van der Waals surface area (Å²) < 4.78 is 14.6. The van der Waals surface area contributed by atoms with E-state index in [-0.39, 0.29) is 0 Å². The highest BCUT2D eigenvalue weighted by Gasteiger charge is 2.31. The highest BCUT2D eigenvalue weighted by Crippen LogP contribution is 2.44. The van der Waals surface area contributed by atoms with Gasteiger partial charge in [-0.2, -0.15) is 0 Å². The number of hydrogen-bond acceptors (Lipinski definition) is 2. The molecular weight excluding hydrogens is 379 g/mol. The molecule has 0 aromatic heterocycles. The molecular formula is C25H21OPS. The molecule has 4 aromatic rings. The van der Waals surface area contributed by atoms with Gasteiger partial charge < -0.3 is 4.57 Å². The Balaban J connectivity index is 1.81. The summed E-state index contributed by atoms with van der Waals surface area (Å²) in [5.74, 6) is 0.782. The Morgan fingerprint density at radius 1 is 0.571 bits per heavy atom. The minimum atomic E-state index is -2.95. The van der Waals surface area contributed by atoms with Gasteiger partial charge in [-0.15, -0.1) is 11.8 Å². The Labute approximate surface area is 170 Å². The third kappa shape index (κ3) is 3.85. The molecule has 0 N–H and O–H groups in total. The monoisotopic (exact) mass is 400 g/mol. The number of benzene rings is 4. The molecule has 3 heteroatoms. The lowest BCUT2D eigenvalue weighted by Crippen LogP contribution is -2.27. The topological polar surface area (TPSA) is 17.1 Å². The molecule has 0 spiro atoms. The summed E-state index contributed by atoms with van der Waals surface area (Å²) in [4.78, 5) is 1.21. The van der Waals surface area contributed by atoms with Crippen LogP contribution in [0.3, 0.4) is 0 Å². The summed E-state index contributed by atoms with van der Waals surface area (Å²) in [6.45, 7) is 0. The zero-order valence-electron chi connectivity index (χ0n) is 15.4. The van der Waals surface area contributed by atoms with Gasteiger partial charge >= 0.3 is 0 Å². The second-order valence-corrected chi connectivity index (χ2v) is 10.3. The molecule has 0 aliphatic heterocycles. The second kappa shape index (κ2) is 8.65. The molecule has 1 nitrogen and oxygen atoms in total. The van der Waals surface area contributed by atoms with Crippen molar-refractivity contribution in [3.05, 3.63) is 121 Å². The first-order valence-electron chi connectivity index (χ1n) is 9.26. The lowest BCUT2D eigenvalue weighted by atomic mass is 10.2. The van der Waals surface area contributed by atoms with Gasteiger partial charge in [0.05, 0.1) is 0 Å². The molecule has 0 aliphatic rings. The van der Waals surface area contributed by atoms with E-state index in [2.05, 4.69) is 18.2 Å². The van der Waals surface area contributed by atoms with Crippen molar-refractivity contribution < 1.29 is 4.57 Å². The van der Waals surface area contributed by atoms with Crippen LogP contribution >= 0.6 is 18.9 Å². The van der Waals surface area contributed by atoms with Gasteiger partial charge in [-0.1, -0.05) is 103 Å². The van der Waals surface area contributed by atoms with Crippen LogP contribution in [0.5, 0.6) is 0 Å². The third-order valence-electron chi connectivity index (χ3n) is 4.71. The fourth-order valence-corrected chi connectivity index (χ4v) is 7.24. The molecule has 0 saturated carbocycles. The van der Waals surface area contributed by atoms with Crippen molar-refractivity contribution in [2.24, 2.45) is 0 Å². The molecule has 0 bridgehead atoms. The summed E-state index contributed by atoms with van der Waals surface area (Å²) in [5.41, 5.74) is 1.12. The van der Waals surface area contributed by atoms with Crippen LogP contribution < -0.4 is 15.9 Å². The standard InChI is InChI=1S/C25H21OPS/c26-27(22-13-4-1-5-14-22,23-15-6-2-7-16-23)25-19-11-10-12-21(25)20-28-24-17-8-3-9-18-24/h1-19H,20H2. The largest absolute Gasteiger partial charge is 0.309 e. The van der Waals surface area contributed by atoms with Gasteiger partial charge in [0.25, 0.3) is 0 Å². The first-order valence-corrected chi connectivity index (χ1v) is 12.0. The van der Waals surface area contributed by atoms with Crippen molar-refractivity contribution >= 4 is 34.8 Å².